The molecule has 3 atom stereocenters. The van der Waals surface area contributed by atoms with Gasteiger partial charge in [-0.05, 0) is 43.9 Å². The minimum absolute atomic E-state index is 0.0471. The summed E-state index contributed by atoms with van der Waals surface area (Å²) < 4.78 is 17.6. The molecule has 1 aliphatic rings. The van der Waals surface area contributed by atoms with Gasteiger partial charge >= 0.3 is 6.09 Å². The van der Waals surface area contributed by atoms with Gasteiger partial charge in [-0.2, -0.15) is 5.26 Å². The van der Waals surface area contributed by atoms with Gasteiger partial charge in [-0.25, -0.2) is 9.79 Å². The van der Waals surface area contributed by atoms with Crippen LogP contribution in [0.2, 0.25) is 0 Å². The minimum atomic E-state index is -0.804. The molecule has 1 N–H and O–H groups in total. The third-order valence-corrected chi connectivity index (χ3v) is 5.35. The predicted molar refractivity (Wildman–Crippen MR) is 136 cm³/mol. The Kier molecular flexibility index (Phi) is 8.18. The van der Waals surface area contributed by atoms with Crippen LogP contribution in [0, 0.1) is 17.2 Å². The van der Waals surface area contributed by atoms with Gasteiger partial charge in [0, 0.05) is 5.56 Å². The SMILES string of the molecule is C=C(c1ccccc1OCc1ccccc1)C1OC([C@@H](NC(=O)OC(C)(C)C)C(C)C)=NC1C#N. The average molecular weight is 476 g/mol. The molecule has 0 aliphatic carbocycles. The number of ether oxygens (including phenoxy) is 3. The summed E-state index contributed by atoms with van der Waals surface area (Å²) in [6.45, 7) is 13.9. The maximum Gasteiger partial charge on any atom is 0.408 e. The Bertz CT molecular complexity index is 1110. The first-order valence-electron chi connectivity index (χ1n) is 11.7. The fourth-order valence-corrected chi connectivity index (χ4v) is 3.64. The van der Waals surface area contributed by atoms with Crippen LogP contribution in [0.25, 0.3) is 5.57 Å². The number of nitrogens with zero attached hydrogens (tertiary/aromatic N) is 2. The molecule has 0 spiro atoms. The maximum absolute atomic E-state index is 12.4. The molecule has 2 aromatic carbocycles. The molecule has 0 radical (unpaired) electrons. The van der Waals surface area contributed by atoms with Crippen LogP contribution in [0.1, 0.15) is 45.7 Å². The Morgan fingerprint density at radius 1 is 1.17 bits per heavy atom. The van der Waals surface area contributed by atoms with E-state index in [1.54, 1.807) is 20.8 Å². The quantitative estimate of drug-likeness (QED) is 0.543. The highest BCUT2D eigenvalue weighted by Crippen LogP contribution is 2.34. The molecule has 2 unspecified atom stereocenters. The van der Waals surface area contributed by atoms with E-state index in [0.29, 0.717) is 17.9 Å². The van der Waals surface area contributed by atoms with E-state index in [4.69, 9.17) is 14.2 Å². The van der Waals surface area contributed by atoms with Gasteiger partial charge < -0.3 is 19.5 Å². The van der Waals surface area contributed by atoms with Crippen molar-refractivity contribution in [3.8, 4) is 11.8 Å². The smallest absolute Gasteiger partial charge is 0.408 e. The predicted octanol–water partition coefficient (Wildman–Crippen LogP) is 5.52. The average Bonchev–Trinajstić information content (AvgIpc) is 3.24. The largest absolute Gasteiger partial charge is 0.488 e. The summed E-state index contributed by atoms with van der Waals surface area (Å²) in [5, 5.41) is 12.6. The number of hydrogen-bond donors (Lipinski definition) is 1. The summed E-state index contributed by atoms with van der Waals surface area (Å²) in [4.78, 5) is 16.9. The lowest BCUT2D eigenvalue weighted by molar-refractivity contribution is 0.0501. The molecule has 0 aromatic heterocycles. The van der Waals surface area contributed by atoms with E-state index in [2.05, 4.69) is 23.0 Å². The lowest BCUT2D eigenvalue weighted by atomic mass is 9.97. The number of aliphatic imine (C=N–C) groups is 1. The van der Waals surface area contributed by atoms with Crippen molar-refractivity contribution in [3.63, 3.8) is 0 Å². The Labute approximate surface area is 207 Å². The van der Waals surface area contributed by atoms with Gasteiger partial charge in [-0.3, -0.25) is 0 Å². The summed E-state index contributed by atoms with van der Waals surface area (Å²) in [5.41, 5.74) is 1.72. The van der Waals surface area contributed by atoms with Crippen molar-refractivity contribution in [1.29, 1.82) is 5.26 Å². The lowest BCUT2D eigenvalue weighted by Crippen LogP contribution is -2.46. The molecule has 184 valence electrons. The maximum atomic E-state index is 12.4. The van der Waals surface area contributed by atoms with Crippen LogP contribution in [0.3, 0.4) is 0 Å². The second kappa shape index (κ2) is 11.1. The molecule has 0 bridgehead atoms. The lowest BCUT2D eigenvalue weighted by Gasteiger charge is -2.26. The monoisotopic (exact) mass is 475 g/mol. The molecule has 0 saturated heterocycles. The Balaban J connectivity index is 1.77. The summed E-state index contributed by atoms with van der Waals surface area (Å²) >= 11 is 0. The molecule has 7 heteroatoms. The highest BCUT2D eigenvalue weighted by Gasteiger charge is 2.39. The Hall–Kier alpha value is -3.79. The Morgan fingerprint density at radius 3 is 2.46 bits per heavy atom. The molecule has 35 heavy (non-hydrogen) atoms. The van der Waals surface area contributed by atoms with Gasteiger partial charge in [0.25, 0.3) is 0 Å². The van der Waals surface area contributed by atoms with E-state index in [1.807, 2.05) is 68.4 Å². The first-order valence-corrected chi connectivity index (χ1v) is 11.7. The van der Waals surface area contributed by atoms with Crippen molar-refractivity contribution in [2.75, 3.05) is 0 Å². The van der Waals surface area contributed by atoms with Crippen LogP contribution in [-0.2, 0) is 16.1 Å². The zero-order chi connectivity index (χ0) is 25.6. The number of nitrogens with one attached hydrogen (secondary N) is 1. The van der Waals surface area contributed by atoms with Crippen molar-refractivity contribution >= 4 is 17.6 Å². The van der Waals surface area contributed by atoms with Crippen molar-refractivity contribution in [2.24, 2.45) is 10.9 Å². The van der Waals surface area contributed by atoms with Gasteiger partial charge in [0.15, 0.2) is 12.1 Å². The molecule has 2 aromatic rings. The zero-order valence-electron chi connectivity index (χ0n) is 20.9. The van der Waals surface area contributed by atoms with Crippen LogP contribution in [0.4, 0.5) is 4.79 Å². The van der Waals surface area contributed by atoms with E-state index < -0.39 is 29.9 Å². The van der Waals surface area contributed by atoms with E-state index in [9.17, 15) is 10.1 Å². The van der Waals surface area contributed by atoms with Crippen molar-refractivity contribution in [2.45, 2.75) is 65.0 Å². The third kappa shape index (κ3) is 6.86. The molecule has 1 aliphatic heterocycles. The number of carbonyl (C=O) groups excluding carboxylic acids is 1. The summed E-state index contributed by atoms with van der Waals surface area (Å²) in [5.74, 6) is 0.878. The second-order valence-corrected chi connectivity index (χ2v) is 9.74. The molecule has 3 rings (SSSR count). The number of carbonyl (C=O) groups is 1. The van der Waals surface area contributed by atoms with Gasteiger partial charge in [0.2, 0.25) is 5.90 Å². The first-order chi connectivity index (χ1) is 16.6. The molecular weight excluding hydrogens is 442 g/mol. The summed E-state index contributed by atoms with van der Waals surface area (Å²) in [6.07, 6.45) is -1.28. The topological polar surface area (TPSA) is 92.9 Å². The number of alkyl carbamates (subject to hydrolysis) is 1. The fraction of sp³-hybridized carbons (Fsp3) is 0.393. The fourth-order valence-electron chi connectivity index (χ4n) is 3.64. The molecule has 0 saturated carbocycles. The van der Waals surface area contributed by atoms with Crippen LogP contribution in [0.5, 0.6) is 5.75 Å². The Morgan fingerprint density at radius 2 is 1.83 bits per heavy atom. The second-order valence-electron chi connectivity index (χ2n) is 9.74. The molecular formula is C28H33N3O4. The zero-order valence-corrected chi connectivity index (χ0v) is 20.9. The van der Waals surface area contributed by atoms with Crippen LogP contribution >= 0.6 is 0 Å². The first kappa shape index (κ1) is 25.8. The highest BCUT2D eigenvalue weighted by atomic mass is 16.6. The normalized spacial score (nSPS) is 18.1. The summed E-state index contributed by atoms with van der Waals surface area (Å²) in [7, 11) is 0. The number of amides is 1. The number of hydrogen-bond acceptors (Lipinski definition) is 6. The van der Waals surface area contributed by atoms with Crippen molar-refractivity contribution in [3.05, 3.63) is 72.3 Å². The number of rotatable bonds is 8. The van der Waals surface area contributed by atoms with Crippen LogP contribution in [-0.4, -0.2) is 35.8 Å². The van der Waals surface area contributed by atoms with Gasteiger partial charge in [-0.1, -0.05) is 69.0 Å². The van der Waals surface area contributed by atoms with Gasteiger partial charge in [0.1, 0.15) is 24.0 Å². The molecule has 1 amide bonds. The van der Waals surface area contributed by atoms with E-state index in [-0.39, 0.29) is 11.8 Å². The molecule has 7 nitrogen and oxygen atoms in total. The molecule has 1 heterocycles. The van der Waals surface area contributed by atoms with Crippen molar-refractivity contribution < 1.29 is 19.0 Å². The molecule has 0 fully saturated rings. The van der Waals surface area contributed by atoms with E-state index in [1.165, 1.54) is 0 Å². The number of para-hydroxylation sites is 1. The minimum Gasteiger partial charge on any atom is -0.488 e. The number of nitriles is 1. The van der Waals surface area contributed by atoms with Crippen LogP contribution in [0.15, 0.2) is 66.2 Å². The third-order valence-electron chi connectivity index (χ3n) is 5.35. The highest BCUT2D eigenvalue weighted by molar-refractivity contribution is 5.90. The standard InChI is InChI=1S/C28H33N3O4/c1-18(2)24(31-27(32)35-28(4,5)6)26-30-22(16-29)25(34-26)19(3)21-14-10-11-15-23(21)33-17-20-12-8-7-9-13-20/h7-15,18,22,24-25H,3,17H2,1-2,4-6H3,(H,31,32)/t22?,24-,25?/m0/s1. The number of benzene rings is 2. The van der Waals surface area contributed by atoms with Gasteiger partial charge in [0.05, 0.1) is 6.07 Å². The van der Waals surface area contributed by atoms with Crippen LogP contribution < -0.4 is 10.1 Å². The summed E-state index contributed by atoms with van der Waals surface area (Å²) in [6, 6.07) is 18.2. The van der Waals surface area contributed by atoms with E-state index >= 15 is 0 Å². The van der Waals surface area contributed by atoms with Gasteiger partial charge in [-0.15, -0.1) is 0 Å². The van der Waals surface area contributed by atoms with Crippen molar-refractivity contribution in [1.82, 2.24) is 5.32 Å². The van der Waals surface area contributed by atoms with E-state index in [0.717, 1.165) is 11.1 Å².